The summed E-state index contributed by atoms with van der Waals surface area (Å²) in [6.45, 7) is 5.99. The molecule has 6 heteroatoms. The zero-order valence-electron chi connectivity index (χ0n) is 14.2. The Morgan fingerprint density at radius 1 is 1.43 bits per heavy atom. The van der Waals surface area contributed by atoms with Gasteiger partial charge in [0, 0.05) is 38.2 Å². The molecule has 0 amide bonds. The first kappa shape index (κ1) is 17.4. The van der Waals surface area contributed by atoms with Crippen LogP contribution in [0.25, 0.3) is 0 Å². The molecule has 1 aliphatic heterocycles. The molecule has 0 aliphatic carbocycles. The van der Waals surface area contributed by atoms with Crippen molar-refractivity contribution in [2.75, 3.05) is 40.5 Å². The van der Waals surface area contributed by atoms with Gasteiger partial charge in [0.15, 0.2) is 17.5 Å². The van der Waals surface area contributed by atoms with Gasteiger partial charge >= 0.3 is 0 Å². The minimum atomic E-state index is 0.160. The van der Waals surface area contributed by atoms with E-state index in [-0.39, 0.29) is 5.75 Å². The fourth-order valence-electron chi connectivity index (χ4n) is 2.84. The van der Waals surface area contributed by atoms with Crippen LogP contribution in [0.4, 0.5) is 0 Å². The van der Waals surface area contributed by atoms with Crippen LogP contribution in [0.3, 0.4) is 0 Å². The smallest absolute Gasteiger partial charge is 0.194 e. The number of ether oxygens (including phenoxy) is 2. The van der Waals surface area contributed by atoms with Crippen LogP contribution in [-0.2, 0) is 11.3 Å². The summed E-state index contributed by atoms with van der Waals surface area (Å²) in [5.41, 5.74) is 0.757. The lowest BCUT2D eigenvalue weighted by atomic mass is 10.1. The summed E-state index contributed by atoms with van der Waals surface area (Å²) in [5.74, 6) is 2.07. The predicted octanol–water partition coefficient (Wildman–Crippen LogP) is 1.83. The Morgan fingerprint density at radius 3 is 2.96 bits per heavy atom. The zero-order chi connectivity index (χ0) is 16.7. The fourth-order valence-corrected chi connectivity index (χ4v) is 2.84. The number of phenolic OH excluding ortho intramolecular Hbond substituents is 1. The maximum absolute atomic E-state index is 10.2. The van der Waals surface area contributed by atoms with Crippen LogP contribution in [0.1, 0.15) is 18.9 Å². The van der Waals surface area contributed by atoms with E-state index in [0.717, 1.165) is 44.2 Å². The number of guanidine groups is 1. The molecule has 1 unspecified atom stereocenters. The Morgan fingerprint density at radius 2 is 2.26 bits per heavy atom. The second kappa shape index (κ2) is 8.62. The third-order valence-corrected chi connectivity index (χ3v) is 4.02. The van der Waals surface area contributed by atoms with Gasteiger partial charge in [-0.25, -0.2) is 4.99 Å². The molecule has 0 bridgehead atoms. The van der Waals surface area contributed by atoms with Gasteiger partial charge in [-0.2, -0.15) is 0 Å². The number of likely N-dealkylation sites (tertiary alicyclic amines) is 1. The number of rotatable bonds is 6. The number of hydrogen-bond acceptors (Lipinski definition) is 4. The van der Waals surface area contributed by atoms with Crippen molar-refractivity contribution in [1.82, 2.24) is 10.2 Å². The predicted molar refractivity (Wildman–Crippen MR) is 91.0 cm³/mol. The molecule has 1 fully saturated rings. The Kier molecular flexibility index (Phi) is 6.52. The molecular weight excluding hydrogens is 294 g/mol. The number of nitrogens with one attached hydrogen (secondary N) is 1. The van der Waals surface area contributed by atoms with Gasteiger partial charge < -0.3 is 24.8 Å². The van der Waals surface area contributed by atoms with Gasteiger partial charge in [-0.15, -0.1) is 0 Å². The van der Waals surface area contributed by atoms with E-state index in [9.17, 15) is 5.11 Å². The minimum Gasteiger partial charge on any atom is -0.504 e. The summed E-state index contributed by atoms with van der Waals surface area (Å²) in [6.07, 6.45) is 1.11. The number of benzene rings is 1. The average molecular weight is 321 g/mol. The summed E-state index contributed by atoms with van der Waals surface area (Å²) >= 11 is 0. The molecule has 1 heterocycles. The summed E-state index contributed by atoms with van der Waals surface area (Å²) in [5, 5.41) is 13.5. The molecule has 0 aromatic heterocycles. The highest BCUT2D eigenvalue weighted by atomic mass is 16.5. The maximum atomic E-state index is 10.2. The zero-order valence-corrected chi connectivity index (χ0v) is 14.2. The monoisotopic (exact) mass is 321 g/mol. The van der Waals surface area contributed by atoms with Crippen LogP contribution >= 0.6 is 0 Å². The van der Waals surface area contributed by atoms with Crippen LogP contribution in [-0.4, -0.2) is 56.4 Å². The van der Waals surface area contributed by atoms with E-state index < -0.39 is 0 Å². The molecule has 1 aromatic carbocycles. The number of methoxy groups -OCH3 is 2. The molecule has 0 radical (unpaired) electrons. The molecule has 0 spiro atoms. The van der Waals surface area contributed by atoms with Crippen LogP contribution in [0.5, 0.6) is 11.5 Å². The number of aliphatic imine (C=N–C) groups is 1. The van der Waals surface area contributed by atoms with Crippen molar-refractivity contribution in [1.29, 1.82) is 0 Å². The van der Waals surface area contributed by atoms with Crippen molar-refractivity contribution in [2.45, 2.75) is 19.9 Å². The number of aromatic hydroxyl groups is 1. The van der Waals surface area contributed by atoms with Gasteiger partial charge in [0.05, 0.1) is 20.3 Å². The Bertz CT molecular complexity index is 534. The standard InChI is InChI=1S/C17H27N3O3/c1-4-18-17(20-9-8-13(11-20)12-22-2)19-10-14-6-5-7-15(23-3)16(14)21/h5-7,13,21H,4,8-12H2,1-3H3,(H,18,19). The van der Waals surface area contributed by atoms with Crippen molar-refractivity contribution in [3.63, 3.8) is 0 Å². The van der Waals surface area contributed by atoms with Crippen molar-refractivity contribution in [3.8, 4) is 11.5 Å². The van der Waals surface area contributed by atoms with Gasteiger partial charge in [-0.1, -0.05) is 12.1 Å². The van der Waals surface area contributed by atoms with Crippen molar-refractivity contribution in [3.05, 3.63) is 23.8 Å². The molecule has 1 aromatic rings. The highest BCUT2D eigenvalue weighted by Crippen LogP contribution is 2.29. The van der Waals surface area contributed by atoms with Gasteiger partial charge in [0.25, 0.3) is 0 Å². The van der Waals surface area contributed by atoms with Gasteiger partial charge in [0.2, 0.25) is 0 Å². The van der Waals surface area contributed by atoms with E-state index in [1.54, 1.807) is 20.3 Å². The lowest BCUT2D eigenvalue weighted by molar-refractivity contribution is 0.157. The number of para-hydroxylation sites is 1. The van der Waals surface area contributed by atoms with E-state index in [1.807, 2.05) is 12.1 Å². The maximum Gasteiger partial charge on any atom is 0.194 e. The Balaban J connectivity index is 2.07. The number of nitrogens with zero attached hydrogens (tertiary/aromatic N) is 2. The lowest BCUT2D eigenvalue weighted by Gasteiger charge is -2.21. The Hall–Kier alpha value is -1.95. The van der Waals surface area contributed by atoms with Crippen LogP contribution in [0, 0.1) is 5.92 Å². The summed E-state index contributed by atoms with van der Waals surface area (Å²) in [4.78, 5) is 6.93. The average Bonchev–Trinajstić information content (AvgIpc) is 3.01. The van der Waals surface area contributed by atoms with Crippen molar-refractivity contribution < 1.29 is 14.6 Å². The summed E-state index contributed by atoms with van der Waals surface area (Å²) in [7, 11) is 3.29. The van der Waals surface area contributed by atoms with Crippen molar-refractivity contribution >= 4 is 5.96 Å². The molecule has 1 aliphatic rings. The molecule has 23 heavy (non-hydrogen) atoms. The van der Waals surface area contributed by atoms with Crippen LogP contribution in [0.2, 0.25) is 0 Å². The summed E-state index contributed by atoms with van der Waals surface area (Å²) in [6, 6.07) is 5.47. The number of hydrogen-bond donors (Lipinski definition) is 2. The normalized spacial score (nSPS) is 18.3. The van der Waals surface area contributed by atoms with E-state index >= 15 is 0 Å². The highest BCUT2D eigenvalue weighted by Gasteiger charge is 2.24. The first-order valence-electron chi connectivity index (χ1n) is 8.06. The van der Waals surface area contributed by atoms with Gasteiger partial charge in [-0.3, -0.25) is 0 Å². The van der Waals surface area contributed by atoms with Gasteiger partial charge in [-0.05, 0) is 19.4 Å². The van der Waals surface area contributed by atoms with Crippen LogP contribution < -0.4 is 10.1 Å². The second-order valence-corrected chi connectivity index (χ2v) is 5.69. The molecule has 2 rings (SSSR count). The molecule has 1 saturated heterocycles. The molecular formula is C17H27N3O3. The Labute approximate surface area is 138 Å². The quantitative estimate of drug-likeness (QED) is 0.618. The molecule has 128 valence electrons. The largest absolute Gasteiger partial charge is 0.504 e. The summed E-state index contributed by atoms with van der Waals surface area (Å²) < 4.78 is 10.4. The van der Waals surface area contributed by atoms with Gasteiger partial charge in [0.1, 0.15) is 0 Å². The first-order chi connectivity index (χ1) is 11.2. The molecule has 6 nitrogen and oxygen atoms in total. The van der Waals surface area contributed by atoms with Crippen molar-refractivity contribution in [2.24, 2.45) is 10.9 Å². The second-order valence-electron chi connectivity index (χ2n) is 5.69. The minimum absolute atomic E-state index is 0.160. The SMILES string of the molecule is CCNC(=NCc1cccc(OC)c1O)N1CCC(COC)C1. The van der Waals surface area contributed by atoms with E-state index in [1.165, 1.54) is 0 Å². The third kappa shape index (κ3) is 4.51. The molecule has 2 N–H and O–H groups in total. The van der Waals surface area contributed by atoms with Crippen LogP contribution in [0.15, 0.2) is 23.2 Å². The lowest BCUT2D eigenvalue weighted by Crippen LogP contribution is -2.40. The highest BCUT2D eigenvalue weighted by molar-refractivity contribution is 5.80. The third-order valence-electron chi connectivity index (χ3n) is 4.02. The number of phenols is 1. The first-order valence-corrected chi connectivity index (χ1v) is 8.06. The topological polar surface area (TPSA) is 66.3 Å². The van der Waals surface area contributed by atoms with E-state index in [0.29, 0.717) is 18.2 Å². The molecule has 0 saturated carbocycles. The van der Waals surface area contributed by atoms with E-state index in [4.69, 9.17) is 9.47 Å². The fraction of sp³-hybridized carbons (Fsp3) is 0.588. The van der Waals surface area contributed by atoms with E-state index in [2.05, 4.69) is 22.1 Å². The molecule has 1 atom stereocenters.